The molecule has 2 N–H and O–H groups in total. The van der Waals surface area contributed by atoms with Gasteiger partial charge in [0.2, 0.25) is 11.8 Å². The molecule has 0 aromatic heterocycles. The van der Waals surface area contributed by atoms with E-state index in [2.05, 4.69) is 5.32 Å². The first-order chi connectivity index (χ1) is 10.0. The van der Waals surface area contributed by atoms with Crippen LogP contribution >= 0.6 is 11.8 Å². The number of anilines is 1. The Bertz CT molecular complexity index is 583. The second-order valence-corrected chi connectivity index (χ2v) is 5.37. The van der Waals surface area contributed by atoms with Crippen molar-refractivity contribution in [2.24, 2.45) is 0 Å². The van der Waals surface area contributed by atoms with Crippen LogP contribution in [0.2, 0.25) is 0 Å². The third-order valence-corrected chi connectivity index (χ3v) is 3.72. The third-order valence-electron chi connectivity index (χ3n) is 2.77. The maximum Gasteiger partial charge on any atom is 0.328 e. The molecule has 110 valence electrons. The van der Waals surface area contributed by atoms with Crippen molar-refractivity contribution in [1.82, 2.24) is 4.90 Å². The second kappa shape index (κ2) is 6.94. The number of nitrogens with zero attached hydrogens (tertiary/aromatic N) is 1. The second-order valence-electron chi connectivity index (χ2n) is 4.41. The van der Waals surface area contributed by atoms with Gasteiger partial charge in [-0.1, -0.05) is 12.1 Å². The lowest BCUT2D eigenvalue weighted by atomic mass is 10.2. The molecule has 0 radical (unpaired) electrons. The van der Waals surface area contributed by atoms with Gasteiger partial charge in [-0.3, -0.25) is 9.59 Å². The van der Waals surface area contributed by atoms with Crippen LogP contribution < -0.4 is 5.32 Å². The zero-order chi connectivity index (χ0) is 15.2. The number of carboxylic acids is 1. The molecule has 0 bridgehead atoms. The van der Waals surface area contributed by atoms with Gasteiger partial charge in [0.15, 0.2) is 0 Å². The van der Waals surface area contributed by atoms with E-state index in [1.165, 1.54) is 22.7 Å². The summed E-state index contributed by atoms with van der Waals surface area (Å²) in [5.41, 5.74) is 1.33. The predicted molar refractivity (Wildman–Crippen MR) is 80.8 cm³/mol. The number of aliphatic carboxylic acids is 1. The van der Waals surface area contributed by atoms with Crippen LogP contribution in [0.3, 0.4) is 0 Å². The molecule has 0 spiro atoms. The van der Waals surface area contributed by atoms with Crippen molar-refractivity contribution in [3.05, 3.63) is 35.9 Å². The molecule has 0 unspecified atom stereocenters. The van der Waals surface area contributed by atoms with E-state index >= 15 is 0 Å². The number of carbonyl (C=O) groups is 3. The molecule has 1 heterocycles. The summed E-state index contributed by atoms with van der Waals surface area (Å²) in [6.07, 6.45) is 2.51. The van der Waals surface area contributed by atoms with Gasteiger partial charge in [-0.2, -0.15) is 0 Å². The van der Waals surface area contributed by atoms with Crippen molar-refractivity contribution >= 4 is 41.3 Å². The van der Waals surface area contributed by atoms with Gasteiger partial charge in [-0.15, -0.1) is 11.8 Å². The van der Waals surface area contributed by atoms with Crippen molar-refractivity contribution in [3.8, 4) is 0 Å². The Labute approximate surface area is 125 Å². The summed E-state index contributed by atoms with van der Waals surface area (Å²) in [5, 5.41) is 11.2. The molecule has 1 aliphatic rings. The van der Waals surface area contributed by atoms with Gasteiger partial charge in [0.25, 0.3) is 0 Å². The van der Waals surface area contributed by atoms with E-state index < -0.39 is 5.97 Å². The van der Waals surface area contributed by atoms with Crippen LogP contribution in [0.25, 0.3) is 6.08 Å². The Morgan fingerprint density at radius 1 is 1.33 bits per heavy atom. The molecule has 1 fully saturated rings. The third kappa shape index (κ3) is 4.64. The molecule has 1 saturated heterocycles. The summed E-state index contributed by atoms with van der Waals surface area (Å²) >= 11 is 1.49. The Kier molecular flexibility index (Phi) is 4.99. The highest BCUT2D eigenvalue weighted by atomic mass is 32.2. The van der Waals surface area contributed by atoms with Gasteiger partial charge in [-0.25, -0.2) is 4.79 Å². The summed E-state index contributed by atoms with van der Waals surface area (Å²) in [6.45, 7) is 0.0481. The lowest BCUT2D eigenvalue weighted by Crippen LogP contribution is -2.34. The minimum atomic E-state index is -1.01. The predicted octanol–water partition coefficient (Wildman–Crippen LogP) is 1.26. The maximum atomic E-state index is 11.8. The molecular formula is C14H14N2O4S. The smallest absolute Gasteiger partial charge is 0.328 e. The lowest BCUT2D eigenvalue weighted by Gasteiger charge is -2.14. The summed E-state index contributed by atoms with van der Waals surface area (Å²) in [6, 6.07) is 6.76. The van der Waals surface area contributed by atoms with Crippen molar-refractivity contribution in [3.63, 3.8) is 0 Å². The summed E-state index contributed by atoms with van der Waals surface area (Å²) in [7, 11) is 0. The highest BCUT2D eigenvalue weighted by molar-refractivity contribution is 8.00. The lowest BCUT2D eigenvalue weighted by molar-refractivity contribution is -0.131. The molecule has 0 saturated carbocycles. The average molecular weight is 306 g/mol. The maximum absolute atomic E-state index is 11.8. The number of nitrogens with one attached hydrogen (secondary N) is 1. The molecule has 1 aliphatic heterocycles. The van der Waals surface area contributed by atoms with E-state index in [4.69, 9.17) is 5.11 Å². The monoisotopic (exact) mass is 306 g/mol. The highest BCUT2D eigenvalue weighted by Crippen LogP contribution is 2.15. The summed E-state index contributed by atoms with van der Waals surface area (Å²) < 4.78 is 0. The Morgan fingerprint density at radius 2 is 2.05 bits per heavy atom. The number of rotatable bonds is 5. The average Bonchev–Trinajstić information content (AvgIpc) is 2.83. The first kappa shape index (κ1) is 15.1. The molecular weight excluding hydrogens is 292 g/mol. The minimum absolute atomic E-state index is 0.0238. The fourth-order valence-electron chi connectivity index (χ4n) is 1.76. The molecule has 1 aromatic carbocycles. The summed E-state index contributed by atoms with van der Waals surface area (Å²) in [4.78, 5) is 35.1. The highest BCUT2D eigenvalue weighted by Gasteiger charge is 2.22. The van der Waals surface area contributed by atoms with Crippen molar-refractivity contribution < 1.29 is 19.5 Å². The van der Waals surface area contributed by atoms with Crippen molar-refractivity contribution in [2.75, 3.05) is 23.5 Å². The molecule has 1 aromatic rings. The van der Waals surface area contributed by atoms with Crippen LogP contribution in [-0.2, 0) is 14.4 Å². The number of benzene rings is 1. The fraction of sp³-hybridized carbons (Fsp3) is 0.214. The summed E-state index contributed by atoms with van der Waals surface area (Å²) in [5.74, 6) is -0.312. The van der Waals surface area contributed by atoms with Gasteiger partial charge in [-0.05, 0) is 23.8 Å². The largest absolute Gasteiger partial charge is 0.478 e. The standard InChI is InChI=1S/C14H14N2O4S/c17-12(7-16-9-21-8-13(16)18)15-11-4-1-10(2-5-11)3-6-14(19)20/h1-6H,7-9H2,(H,15,17)(H,19,20)/b6-3+. The van der Waals surface area contributed by atoms with Gasteiger partial charge >= 0.3 is 5.97 Å². The zero-order valence-electron chi connectivity index (χ0n) is 11.1. The quantitative estimate of drug-likeness (QED) is 0.800. The Balaban J connectivity index is 1.89. The first-order valence-electron chi connectivity index (χ1n) is 6.21. The number of thioether (sulfide) groups is 1. The molecule has 7 heteroatoms. The Morgan fingerprint density at radius 3 is 2.62 bits per heavy atom. The van der Waals surface area contributed by atoms with Crippen LogP contribution in [0.4, 0.5) is 5.69 Å². The zero-order valence-corrected chi connectivity index (χ0v) is 11.9. The van der Waals surface area contributed by atoms with E-state index in [1.54, 1.807) is 24.3 Å². The van der Waals surface area contributed by atoms with E-state index in [9.17, 15) is 14.4 Å². The van der Waals surface area contributed by atoms with Crippen molar-refractivity contribution in [2.45, 2.75) is 0 Å². The number of carbonyl (C=O) groups excluding carboxylic acids is 2. The SMILES string of the molecule is O=C(O)/C=C/c1ccc(NC(=O)CN2CSCC2=O)cc1. The van der Waals surface area contributed by atoms with Gasteiger partial charge < -0.3 is 15.3 Å². The number of hydrogen-bond acceptors (Lipinski definition) is 4. The molecule has 2 rings (SSSR count). The molecule has 0 atom stereocenters. The number of carboxylic acid groups (broad SMARTS) is 1. The number of hydrogen-bond donors (Lipinski definition) is 2. The van der Waals surface area contributed by atoms with E-state index in [-0.39, 0.29) is 18.4 Å². The van der Waals surface area contributed by atoms with Crippen molar-refractivity contribution in [1.29, 1.82) is 0 Å². The van der Waals surface area contributed by atoms with Crippen LogP contribution in [0.1, 0.15) is 5.56 Å². The first-order valence-corrected chi connectivity index (χ1v) is 7.36. The number of amides is 2. The minimum Gasteiger partial charge on any atom is -0.478 e. The molecule has 2 amide bonds. The van der Waals surface area contributed by atoms with Gasteiger partial charge in [0, 0.05) is 11.8 Å². The Hall–Kier alpha value is -2.28. The van der Waals surface area contributed by atoms with E-state index in [0.717, 1.165) is 11.6 Å². The van der Waals surface area contributed by atoms with E-state index in [0.29, 0.717) is 17.3 Å². The van der Waals surface area contributed by atoms with Crippen LogP contribution in [0, 0.1) is 0 Å². The van der Waals surface area contributed by atoms with Gasteiger partial charge in [0.1, 0.15) is 6.54 Å². The van der Waals surface area contributed by atoms with Gasteiger partial charge in [0.05, 0.1) is 11.6 Å². The normalized spacial score (nSPS) is 14.7. The van der Waals surface area contributed by atoms with Crippen LogP contribution in [0.5, 0.6) is 0 Å². The molecule has 0 aliphatic carbocycles. The van der Waals surface area contributed by atoms with E-state index in [1.807, 2.05) is 0 Å². The topological polar surface area (TPSA) is 86.7 Å². The molecule has 21 heavy (non-hydrogen) atoms. The fourth-order valence-corrected chi connectivity index (χ4v) is 2.66. The van der Waals surface area contributed by atoms with Crippen LogP contribution in [-0.4, -0.2) is 46.0 Å². The molecule has 6 nitrogen and oxygen atoms in total. The van der Waals surface area contributed by atoms with Crippen LogP contribution in [0.15, 0.2) is 30.3 Å².